The lowest BCUT2D eigenvalue weighted by Gasteiger charge is -2.35. The van der Waals surface area contributed by atoms with E-state index in [0.717, 1.165) is 50.2 Å². The number of carbonyl (C=O) groups is 1. The minimum Gasteiger partial charge on any atom is -0.495 e. The number of likely N-dealkylation sites (tertiary alicyclic amines) is 2. The smallest absolute Gasteiger partial charge is 0.254 e. The first-order valence-corrected chi connectivity index (χ1v) is 11.7. The highest BCUT2D eigenvalue weighted by Crippen LogP contribution is 2.29. The predicted molar refractivity (Wildman–Crippen MR) is 132 cm³/mol. The summed E-state index contributed by atoms with van der Waals surface area (Å²) in [5.41, 5.74) is 7.67. The fourth-order valence-corrected chi connectivity index (χ4v) is 4.86. The van der Waals surface area contributed by atoms with Crippen molar-refractivity contribution in [3.8, 4) is 5.75 Å². The molecule has 3 aliphatic rings. The largest absolute Gasteiger partial charge is 0.495 e. The van der Waals surface area contributed by atoms with Crippen LogP contribution in [0.1, 0.15) is 43.0 Å². The van der Waals surface area contributed by atoms with E-state index in [-0.39, 0.29) is 18.0 Å². The normalized spacial score (nSPS) is 24.6. The van der Waals surface area contributed by atoms with Gasteiger partial charge in [0.2, 0.25) is 0 Å². The first-order chi connectivity index (χ1) is 15.9. The van der Waals surface area contributed by atoms with E-state index >= 15 is 0 Å². The van der Waals surface area contributed by atoms with Crippen molar-refractivity contribution in [1.82, 2.24) is 14.8 Å². The summed E-state index contributed by atoms with van der Waals surface area (Å²) in [7, 11) is 1.56. The molecule has 3 heterocycles. The van der Waals surface area contributed by atoms with Gasteiger partial charge in [0.1, 0.15) is 11.6 Å². The van der Waals surface area contributed by atoms with Gasteiger partial charge in [-0.25, -0.2) is 10.0 Å². The van der Waals surface area contributed by atoms with Crippen molar-refractivity contribution in [2.45, 2.75) is 44.7 Å². The molecule has 33 heavy (non-hydrogen) atoms. The molecule has 2 saturated heterocycles. The molecule has 3 aliphatic heterocycles. The maximum absolute atomic E-state index is 13.4. The van der Waals surface area contributed by atoms with Crippen LogP contribution in [0.15, 0.2) is 52.0 Å². The van der Waals surface area contributed by atoms with Crippen molar-refractivity contribution in [3.05, 3.63) is 52.5 Å². The second kappa shape index (κ2) is 9.97. The molecule has 0 bridgehead atoms. The maximum Gasteiger partial charge on any atom is 0.254 e. The highest BCUT2D eigenvalue weighted by Gasteiger charge is 2.30. The van der Waals surface area contributed by atoms with Crippen LogP contribution in [0.25, 0.3) is 0 Å². The topological polar surface area (TPSA) is 86.8 Å². The van der Waals surface area contributed by atoms with E-state index in [1.807, 2.05) is 24.1 Å². The van der Waals surface area contributed by atoms with E-state index in [4.69, 9.17) is 27.1 Å². The lowest BCUT2D eigenvalue weighted by molar-refractivity contribution is 0.0662. The van der Waals surface area contributed by atoms with Crippen LogP contribution in [0.4, 0.5) is 0 Å². The van der Waals surface area contributed by atoms with Crippen LogP contribution in [0, 0.1) is 0 Å². The van der Waals surface area contributed by atoms with Gasteiger partial charge in [-0.05, 0) is 56.9 Å². The Balaban J connectivity index is 1.63. The summed E-state index contributed by atoms with van der Waals surface area (Å²) >= 11 is 6.27. The third kappa shape index (κ3) is 4.91. The lowest BCUT2D eigenvalue weighted by Crippen LogP contribution is -2.43. The number of rotatable bonds is 4. The van der Waals surface area contributed by atoms with E-state index in [0.29, 0.717) is 28.7 Å². The van der Waals surface area contributed by atoms with Gasteiger partial charge in [-0.15, -0.1) is 0 Å². The van der Waals surface area contributed by atoms with E-state index in [9.17, 15) is 4.79 Å². The highest BCUT2D eigenvalue weighted by atomic mass is 35.5. The molecule has 1 aromatic carbocycles. The molecule has 8 nitrogen and oxygen atoms in total. The second-order valence-electron chi connectivity index (χ2n) is 8.66. The number of hydrogen-bond donors (Lipinski definition) is 1. The fourth-order valence-electron chi connectivity index (χ4n) is 4.60. The summed E-state index contributed by atoms with van der Waals surface area (Å²) in [6, 6.07) is 5.19. The number of benzene rings is 1. The van der Waals surface area contributed by atoms with Crippen LogP contribution in [0.2, 0.25) is 5.02 Å². The number of hydrazone groups is 1. The Hall–Kier alpha value is -2.84. The molecule has 1 unspecified atom stereocenters. The fraction of sp³-hybridized carbons (Fsp3) is 0.458. The highest BCUT2D eigenvalue weighted by molar-refractivity contribution is 6.32. The van der Waals surface area contributed by atoms with E-state index in [2.05, 4.69) is 16.7 Å². The second-order valence-corrected chi connectivity index (χ2v) is 9.07. The maximum atomic E-state index is 13.4. The molecule has 1 aromatic rings. The zero-order valence-corrected chi connectivity index (χ0v) is 20.0. The van der Waals surface area contributed by atoms with Crippen LogP contribution in [0.3, 0.4) is 0 Å². The van der Waals surface area contributed by atoms with Gasteiger partial charge in [0, 0.05) is 49.7 Å². The number of halogens is 1. The molecule has 0 spiro atoms. The van der Waals surface area contributed by atoms with Crippen molar-refractivity contribution >= 4 is 30.1 Å². The molecule has 0 aliphatic carbocycles. The molecule has 2 N–H and O–H groups in total. The average Bonchev–Trinajstić information content (AvgIpc) is 3.25. The number of hydrogen-bond acceptors (Lipinski definition) is 7. The monoisotopic (exact) mass is 470 g/mol. The van der Waals surface area contributed by atoms with Gasteiger partial charge < -0.3 is 20.3 Å². The number of nitrogens with two attached hydrogens (primary N) is 1. The minimum atomic E-state index is -0.107. The SMILES string of the molecule is C=NN1C=C(C)C(N2CC[C@H](N)C2)=N/C1=C/C1CCCCN1C(=O)c1ccc(OC)c(Cl)c1. The Labute approximate surface area is 200 Å². The summed E-state index contributed by atoms with van der Waals surface area (Å²) in [4.78, 5) is 22.4. The van der Waals surface area contributed by atoms with Crippen LogP contribution in [0.5, 0.6) is 5.75 Å². The first kappa shape index (κ1) is 23.3. The van der Waals surface area contributed by atoms with Crippen LogP contribution in [-0.4, -0.2) is 72.1 Å². The predicted octanol–water partition coefficient (Wildman–Crippen LogP) is 3.45. The summed E-state index contributed by atoms with van der Waals surface area (Å²) in [6.45, 7) is 8.06. The first-order valence-electron chi connectivity index (χ1n) is 11.3. The van der Waals surface area contributed by atoms with E-state index < -0.39 is 0 Å². The number of aliphatic imine (C=N–C) groups is 1. The molecule has 9 heteroatoms. The number of ether oxygens (including phenoxy) is 1. The van der Waals surface area contributed by atoms with Gasteiger partial charge in [-0.2, -0.15) is 5.10 Å². The molecule has 1 amide bonds. The molecule has 2 atom stereocenters. The molecular formula is C24H31ClN6O2. The van der Waals surface area contributed by atoms with Crippen molar-refractivity contribution in [2.75, 3.05) is 26.7 Å². The lowest BCUT2D eigenvalue weighted by atomic mass is 10.00. The molecule has 176 valence electrons. The number of piperidine rings is 1. The van der Waals surface area contributed by atoms with Gasteiger partial charge in [-0.3, -0.25) is 4.79 Å². The zero-order valence-electron chi connectivity index (χ0n) is 19.2. The number of methoxy groups -OCH3 is 1. The molecule has 0 radical (unpaired) electrons. The summed E-state index contributed by atoms with van der Waals surface area (Å²) in [5, 5.41) is 6.23. The summed E-state index contributed by atoms with van der Waals surface area (Å²) < 4.78 is 5.22. The number of carbonyl (C=O) groups excluding carboxylic acids is 1. The Kier molecular flexibility index (Phi) is 7.05. The van der Waals surface area contributed by atoms with E-state index in [1.165, 1.54) is 0 Å². The Bertz CT molecular complexity index is 1020. The van der Waals surface area contributed by atoms with Crippen molar-refractivity contribution in [3.63, 3.8) is 0 Å². The molecule has 0 saturated carbocycles. The molecule has 4 rings (SSSR count). The van der Waals surface area contributed by atoms with Gasteiger partial charge >= 0.3 is 0 Å². The van der Waals surface area contributed by atoms with Crippen molar-refractivity contribution in [2.24, 2.45) is 15.8 Å². The van der Waals surface area contributed by atoms with E-state index in [1.54, 1.807) is 30.3 Å². The standard InChI is InChI=1S/C24H31ClN6O2/c1-16-14-31(27-2)22(28-23(16)29-11-9-18(26)15-29)13-19-6-4-5-10-30(19)24(32)17-7-8-21(33-3)20(25)12-17/h7-8,12-14,18-19H,2,4-6,9-11,15,26H2,1,3H3/b22-13-/t18-,19?/m0/s1. The summed E-state index contributed by atoms with van der Waals surface area (Å²) in [5.74, 6) is 2.07. The van der Waals surface area contributed by atoms with Gasteiger partial charge in [0.15, 0.2) is 5.82 Å². The van der Waals surface area contributed by atoms with Crippen LogP contribution < -0.4 is 10.5 Å². The van der Waals surface area contributed by atoms with Gasteiger partial charge in [0.25, 0.3) is 5.91 Å². The number of amides is 1. The Morgan fingerprint density at radius 1 is 1.33 bits per heavy atom. The molecule has 2 fully saturated rings. The third-order valence-corrected chi connectivity index (χ3v) is 6.65. The number of nitrogens with zero attached hydrogens (tertiary/aromatic N) is 5. The van der Waals surface area contributed by atoms with Crippen molar-refractivity contribution in [1.29, 1.82) is 0 Å². The van der Waals surface area contributed by atoms with Gasteiger partial charge in [0.05, 0.1) is 18.2 Å². The molecular weight excluding hydrogens is 440 g/mol. The number of amidine groups is 1. The minimum absolute atomic E-state index is 0.0588. The molecule has 0 aromatic heterocycles. The average molecular weight is 471 g/mol. The van der Waals surface area contributed by atoms with Gasteiger partial charge in [-0.1, -0.05) is 11.6 Å². The third-order valence-electron chi connectivity index (χ3n) is 6.35. The van der Waals surface area contributed by atoms with Crippen molar-refractivity contribution < 1.29 is 9.53 Å². The quantitative estimate of drug-likeness (QED) is 0.681. The van der Waals surface area contributed by atoms with Crippen LogP contribution >= 0.6 is 11.6 Å². The Morgan fingerprint density at radius 3 is 2.82 bits per heavy atom. The summed E-state index contributed by atoms with van der Waals surface area (Å²) in [6.07, 6.45) is 7.75. The Morgan fingerprint density at radius 2 is 2.15 bits per heavy atom. The zero-order chi connectivity index (χ0) is 23.5. The van der Waals surface area contributed by atoms with Crippen LogP contribution in [-0.2, 0) is 0 Å².